The van der Waals surface area contributed by atoms with E-state index in [1.165, 1.54) is 12.3 Å². The van der Waals surface area contributed by atoms with E-state index in [1.54, 1.807) is 6.07 Å². The minimum absolute atomic E-state index is 0.00755. The van der Waals surface area contributed by atoms with Gasteiger partial charge in [-0.2, -0.15) is 4.39 Å². The zero-order valence-electron chi connectivity index (χ0n) is 9.82. The molecule has 1 aromatic heterocycles. The van der Waals surface area contributed by atoms with Crippen molar-refractivity contribution in [3.05, 3.63) is 29.8 Å². The molecule has 17 heavy (non-hydrogen) atoms. The zero-order chi connectivity index (χ0) is 12.3. The highest BCUT2D eigenvalue weighted by Crippen LogP contribution is 2.13. The Kier molecular flexibility index (Phi) is 3.68. The van der Waals surface area contributed by atoms with E-state index < -0.39 is 11.9 Å². The average Bonchev–Trinajstić information content (AvgIpc) is 2.72. The van der Waals surface area contributed by atoms with Crippen LogP contribution in [-0.4, -0.2) is 42.0 Å². The van der Waals surface area contributed by atoms with Crippen molar-refractivity contribution < 1.29 is 9.18 Å². The number of amides is 1. The predicted molar refractivity (Wildman–Crippen MR) is 62.2 cm³/mol. The van der Waals surface area contributed by atoms with Crippen molar-refractivity contribution in [3.8, 4) is 0 Å². The van der Waals surface area contributed by atoms with Crippen molar-refractivity contribution in [3.63, 3.8) is 0 Å². The van der Waals surface area contributed by atoms with Gasteiger partial charge in [-0.25, -0.2) is 4.98 Å². The topological polar surface area (TPSA) is 45.2 Å². The van der Waals surface area contributed by atoms with Gasteiger partial charge in [0, 0.05) is 18.8 Å². The number of carbonyl (C=O) groups is 1. The maximum atomic E-state index is 13.2. The van der Waals surface area contributed by atoms with Crippen LogP contribution in [0.25, 0.3) is 0 Å². The van der Waals surface area contributed by atoms with Gasteiger partial charge < -0.3 is 10.2 Å². The lowest BCUT2D eigenvalue weighted by Crippen LogP contribution is -2.38. The van der Waals surface area contributed by atoms with Crippen molar-refractivity contribution in [2.75, 3.05) is 20.1 Å². The fourth-order valence-electron chi connectivity index (χ4n) is 2.10. The first kappa shape index (κ1) is 12.0. The summed E-state index contributed by atoms with van der Waals surface area (Å²) in [5.41, 5.74) is 0.00755. The highest BCUT2D eigenvalue weighted by atomic mass is 19.1. The normalized spacial score (nSPS) is 20.5. The number of nitrogens with zero attached hydrogens (tertiary/aromatic N) is 2. The number of hydrogen-bond acceptors (Lipinski definition) is 3. The number of halogens is 1. The Labute approximate surface area is 99.8 Å². The summed E-state index contributed by atoms with van der Waals surface area (Å²) in [5.74, 6) is -1.11. The standard InChI is InChI=1S/C12H16FN3O/c1-16-7-3-4-9(16)8-15-12(17)10-5-2-6-14-11(10)13/h2,5-6,9H,3-4,7-8H2,1H3,(H,15,17). The van der Waals surface area contributed by atoms with Gasteiger partial charge in [-0.15, -0.1) is 0 Å². The lowest BCUT2D eigenvalue weighted by molar-refractivity contribution is 0.0938. The van der Waals surface area contributed by atoms with Crippen molar-refractivity contribution in [2.45, 2.75) is 18.9 Å². The van der Waals surface area contributed by atoms with Crippen LogP contribution in [0.3, 0.4) is 0 Å². The first-order chi connectivity index (χ1) is 8.18. The molecule has 1 atom stereocenters. The van der Waals surface area contributed by atoms with Crippen molar-refractivity contribution in [2.24, 2.45) is 0 Å². The molecule has 0 spiro atoms. The molecule has 1 aromatic rings. The largest absolute Gasteiger partial charge is 0.350 e. The SMILES string of the molecule is CN1CCCC1CNC(=O)c1cccnc1F. The Morgan fingerprint density at radius 3 is 3.18 bits per heavy atom. The highest BCUT2D eigenvalue weighted by molar-refractivity contribution is 5.94. The van der Waals surface area contributed by atoms with E-state index in [0.717, 1.165) is 19.4 Å². The monoisotopic (exact) mass is 237 g/mol. The molecule has 1 saturated heterocycles. The van der Waals surface area contributed by atoms with Crippen molar-refractivity contribution in [1.82, 2.24) is 15.2 Å². The van der Waals surface area contributed by atoms with Crippen molar-refractivity contribution in [1.29, 1.82) is 0 Å². The zero-order valence-corrected chi connectivity index (χ0v) is 9.82. The maximum absolute atomic E-state index is 13.2. The second kappa shape index (κ2) is 5.23. The van der Waals surface area contributed by atoms with E-state index >= 15 is 0 Å². The third-order valence-electron chi connectivity index (χ3n) is 3.17. The van der Waals surface area contributed by atoms with Gasteiger partial charge in [-0.1, -0.05) is 0 Å². The molecular weight excluding hydrogens is 221 g/mol. The van der Waals surface area contributed by atoms with Gasteiger partial charge >= 0.3 is 0 Å². The molecule has 5 heteroatoms. The third kappa shape index (κ3) is 2.79. The van der Waals surface area contributed by atoms with Gasteiger partial charge in [-0.3, -0.25) is 4.79 Å². The van der Waals surface area contributed by atoms with Crippen LogP contribution in [0.5, 0.6) is 0 Å². The van der Waals surface area contributed by atoms with E-state index in [4.69, 9.17) is 0 Å². The van der Waals surface area contributed by atoms with Gasteiger partial charge in [0.1, 0.15) is 0 Å². The molecule has 0 radical (unpaired) electrons. The summed E-state index contributed by atoms with van der Waals surface area (Å²) in [6.45, 7) is 1.62. The summed E-state index contributed by atoms with van der Waals surface area (Å²) in [7, 11) is 2.04. The number of pyridine rings is 1. The van der Waals surface area contributed by atoms with Gasteiger partial charge in [-0.05, 0) is 38.6 Å². The Bertz CT molecular complexity index is 410. The van der Waals surface area contributed by atoms with E-state index in [-0.39, 0.29) is 5.56 Å². The van der Waals surface area contributed by atoms with E-state index in [1.807, 2.05) is 7.05 Å². The Balaban J connectivity index is 1.91. The molecule has 1 N–H and O–H groups in total. The summed E-state index contributed by atoms with van der Waals surface area (Å²) in [4.78, 5) is 17.4. The van der Waals surface area contributed by atoms with Crippen LogP contribution in [-0.2, 0) is 0 Å². The summed E-state index contributed by atoms with van der Waals surface area (Å²) < 4.78 is 13.2. The molecule has 1 aliphatic rings. The Morgan fingerprint density at radius 1 is 1.71 bits per heavy atom. The number of rotatable bonds is 3. The molecule has 4 nitrogen and oxygen atoms in total. The molecule has 1 amide bonds. The molecule has 1 aliphatic heterocycles. The van der Waals surface area contributed by atoms with Gasteiger partial charge in [0.25, 0.3) is 5.91 Å². The lowest BCUT2D eigenvalue weighted by atomic mass is 10.2. The van der Waals surface area contributed by atoms with Crippen LogP contribution in [0.4, 0.5) is 4.39 Å². The molecule has 1 unspecified atom stereocenters. The Hall–Kier alpha value is -1.49. The molecule has 1 fully saturated rings. The van der Waals surface area contributed by atoms with Crippen LogP contribution in [0.2, 0.25) is 0 Å². The number of aromatic nitrogens is 1. The number of hydrogen-bond donors (Lipinski definition) is 1. The smallest absolute Gasteiger partial charge is 0.255 e. The fourth-order valence-corrected chi connectivity index (χ4v) is 2.10. The molecule has 92 valence electrons. The summed E-state index contributed by atoms with van der Waals surface area (Å²) in [5, 5.41) is 2.75. The maximum Gasteiger partial charge on any atom is 0.255 e. The number of likely N-dealkylation sites (N-methyl/N-ethyl adjacent to an activating group) is 1. The minimum atomic E-state index is -0.718. The number of nitrogens with one attached hydrogen (secondary N) is 1. The molecule has 2 heterocycles. The number of carbonyl (C=O) groups excluding carboxylic acids is 1. The molecule has 0 aromatic carbocycles. The molecule has 2 rings (SSSR count). The average molecular weight is 237 g/mol. The fraction of sp³-hybridized carbons (Fsp3) is 0.500. The molecule has 0 saturated carbocycles. The van der Waals surface area contributed by atoms with Gasteiger partial charge in [0.05, 0.1) is 5.56 Å². The Morgan fingerprint density at radius 2 is 2.53 bits per heavy atom. The van der Waals surface area contributed by atoms with Crippen LogP contribution in [0, 0.1) is 5.95 Å². The summed E-state index contributed by atoms with van der Waals surface area (Å²) in [6.07, 6.45) is 3.56. The van der Waals surface area contributed by atoms with Gasteiger partial charge in [0.15, 0.2) is 0 Å². The van der Waals surface area contributed by atoms with Crippen molar-refractivity contribution >= 4 is 5.91 Å². The highest BCUT2D eigenvalue weighted by Gasteiger charge is 2.21. The molecule has 0 aliphatic carbocycles. The van der Waals surface area contributed by atoms with Crippen LogP contribution in [0.15, 0.2) is 18.3 Å². The van der Waals surface area contributed by atoms with Crippen LogP contribution >= 0.6 is 0 Å². The van der Waals surface area contributed by atoms with E-state index in [0.29, 0.717) is 12.6 Å². The second-order valence-corrected chi connectivity index (χ2v) is 4.33. The third-order valence-corrected chi connectivity index (χ3v) is 3.17. The quantitative estimate of drug-likeness (QED) is 0.799. The first-order valence-electron chi connectivity index (χ1n) is 5.77. The first-order valence-corrected chi connectivity index (χ1v) is 5.77. The predicted octanol–water partition coefficient (Wildman–Crippen LogP) is 1.04. The van der Waals surface area contributed by atoms with Gasteiger partial charge in [0.2, 0.25) is 5.95 Å². The van der Waals surface area contributed by atoms with Crippen LogP contribution < -0.4 is 5.32 Å². The summed E-state index contributed by atoms with van der Waals surface area (Å²) >= 11 is 0. The summed E-state index contributed by atoms with van der Waals surface area (Å²) in [6, 6.07) is 3.36. The van der Waals surface area contributed by atoms with E-state index in [9.17, 15) is 9.18 Å². The van der Waals surface area contributed by atoms with Crippen LogP contribution in [0.1, 0.15) is 23.2 Å². The molecular formula is C12H16FN3O. The van der Waals surface area contributed by atoms with E-state index in [2.05, 4.69) is 15.2 Å². The lowest BCUT2D eigenvalue weighted by Gasteiger charge is -2.19. The molecule has 0 bridgehead atoms. The second-order valence-electron chi connectivity index (χ2n) is 4.33. The minimum Gasteiger partial charge on any atom is -0.350 e. The number of likely N-dealkylation sites (tertiary alicyclic amines) is 1.